The fraction of sp³-hybridized carbons (Fsp3) is 0.700. The van der Waals surface area contributed by atoms with Crippen LogP contribution in [0.25, 0.3) is 0 Å². The molecule has 0 aliphatic carbocycles. The molecular formula is C20H33N3O2S. The molecule has 1 aromatic carbocycles. The Balaban J connectivity index is 1.52. The first-order valence-corrected chi connectivity index (χ1v) is 11.5. The van der Waals surface area contributed by atoms with Crippen molar-refractivity contribution in [2.24, 2.45) is 0 Å². The van der Waals surface area contributed by atoms with Crippen LogP contribution < -0.4 is 15.5 Å². The molecule has 1 aromatic rings. The van der Waals surface area contributed by atoms with Crippen LogP contribution >= 0.6 is 0 Å². The Hall–Kier alpha value is -1.11. The normalized spacial score (nSPS) is 24.6. The predicted molar refractivity (Wildman–Crippen MR) is 108 cm³/mol. The minimum absolute atomic E-state index is 0.150. The fourth-order valence-electron chi connectivity index (χ4n) is 4.19. The summed E-state index contributed by atoms with van der Waals surface area (Å²) < 4.78 is 23.9. The van der Waals surface area contributed by atoms with E-state index in [0.717, 1.165) is 38.2 Å². The minimum atomic E-state index is -3.11. The van der Waals surface area contributed by atoms with Gasteiger partial charge in [0.15, 0.2) is 9.84 Å². The Labute approximate surface area is 158 Å². The highest BCUT2D eigenvalue weighted by atomic mass is 32.2. The molecule has 3 rings (SSSR count). The molecule has 6 heteroatoms. The average molecular weight is 380 g/mol. The zero-order valence-electron chi connectivity index (χ0n) is 16.3. The van der Waals surface area contributed by atoms with Gasteiger partial charge in [-0.15, -0.1) is 0 Å². The van der Waals surface area contributed by atoms with E-state index in [1.54, 1.807) is 19.1 Å². The van der Waals surface area contributed by atoms with E-state index in [2.05, 4.69) is 29.4 Å². The van der Waals surface area contributed by atoms with Gasteiger partial charge in [0.2, 0.25) is 0 Å². The Morgan fingerprint density at radius 3 is 2.35 bits per heavy atom. The molecule has 26 heavy (non-hydrogen) atoms. The topological polar surface area (TPSA) is 61.4 Å². The zero-order chi connectivity index (χ0) is 18.8. The number of benzene rings is 1. The van der Waals surface area contributed by atoms with Gasteiger partial charge in [0, 0.05) is 36.4 Å². The monoisotopic (exact) mass is 379 g/mol. The van der Waals surface area contributed by atoms with Crippen molar-refractivity contribution in [2.75, 3.05) is 30.3 Å². The Morgan fingerprint density at radius 1 is 1.12 bits per heavy atom. The number of hydrogen-bond donors (Lipinski definition) is 2. The number of sulfone groups is 1. The smallest absolute Gasteiger partial charge is 0.178 e. The molecule has 2 aliphatic heterocycles. The van der Waals surface area contributed by atoms with Crippen molar-refractivity contribution in [3.05, 3.63) is 24.3 Å². The highest BCUT2D eigenvalue weighted by Crippen LogP contribution is 2.24. The maximum Gasteiger partial charge on any atom is 0.178 e. The molecule has 0 radical (unpaired) electrons. The van der Waals surface area contributed by atoms with Gasteiger partial charge in [-0.25, -0.2) is 8.42 Å². The molecular weight excluding hydrogens is 346 g/mol. The largest absolute Gasteiger partial charge is 0.371 e. The molecule has 2 saturated heterocycles. The summed E-state index contributed by atoms with van der Waals surface area (Å²) in [5, 5.41) is 7.46. The first-order chi connectivity index (χ1) is 12.3. The van der Waals surface area contributed by atoms with Crippen molar-refractivity contribution in [1.82, 2.24) is 10.6 Å². The third kappa shape index (κ3) is 4.78. The van der Waals surface area contributed by atoms with Gasteiger partial charge in [0.25, 0.3) is 0 Å². The summed E-state index contributed by atoms with van der Waals surface area (Å²) >= 11 is 0. The molecule has 0 bridgehead atoms. The minimum Gasteiger partial charge on any atom is -0.371 e. The van der Waals surface area contributed by atoms with Crippen LogP contribution in [0.1, 0.15) is 46.5 Å². The van der Waals surface area contributed by atoms with Gasteiger partial charge in [0.05, 0.1) is 10.6 Å². The van der Waals surface area contributed by atoms with Gasteiger partial charge in [0.1, 0.15) is 0 Å². The van der Waals surface area contributed by atoms with Gasteiger partial charge in [-0.3, -0.25) is 0 Å². The van der Waals surface area contributed by atoms with Gasteiger partial charge in [-0.05, 0) is 70.3 Å². The fourth-order valence-corrected chi connectivity index (χ4v) is 5.07. The maximum absolute atomic E-state index is 11.9. The molecule has 2 fully saturated rings. The highest BCUT2D eigenvalue weighted by Gasteiger charge is 2.29. The molecule has 5 nitrogen and oxygen atoms in total. The van der Waals surface area contributed by atoms with E-state index < -0.39 is 9.84 Å². The summed E-state index contributed by atoms with van der Waals surface area (Å²) in [6, 6.07) is 8.59. The quantitative estimate of drug-likeness (QED) is 0.823. The summed E-state index contributed by atoms with van der Waals surface area (Å²) in [6.07, 6.45) is 4.66. The molecule has 2 heterocycles. The molecule has 0 spiro atoms. The van der Waals surface area contributed by atoms with Crippen LogP contribution in [0.3, 0.4) is 0 Å². The number of piperidine rings is 2. The first-order valence-electron chi connectivity index (χ1n) is 9.88. The van der Waals surface area contributed by atoms with Crippen LogP contribution in [0.2, 0.25) is 0 Å². The van der Waals surface area contributed by atoms with Crippen molar-refractivity contribution in [3.63, 3.8) is 0 Å². The molecule has 2 N–H and O–H groups in total. The molecule has 2 aliphatic rings. The van der Waals surface area contributed by atoms with Gasteiger partial charge >= 0.3 is 0 Å². The molecule has 0 aromatic heterocycles. The van der Waals surface area contributed by atoms with E-state index in [1.165, 1.54) is 12.8 Å². The second-order valence-electron chi connectivity index (χ2n) is 8.33. The van der Waals surface area contributed by atoms with Crippen LogP contribution in [0.5, 0.6) is 0 Å². The SMILES string of the molecule is CCS(=O)(=O)c1ccc(N2CCC(NC3CCNC(C)(C)C3)CC2)cc1. The standard InChI is InChI=1S/C20H33N3O2S/c1-4-26(24,25)19-7-5-18(6-8-19)23-13-10-16(11-14-23)22-17-9-12-21-20(2,3)15-17/h5-8,16-17,21-22H,4,9-15H2,1-3H3. The summed E-state index contributed by atoms with van der Waals surface area (Å²) in [5.74, 6) is 0.150. The first kappa shape index (κ1) is 19.6. The van der Waals surface area contributed by atoms with Gasteiger partial charge in [-0.1, -0.05) is 6.92 Å². The lowest BCUT2D eigenvalue weighted by Crippen LogP contribution is -2.55. The molecule has 0 amide bonds. The van der Waals surface area contributed by atoms with Crippen LogP contribution in [-0.4, -0.2) is 51.4 Å². The summed E-state index contributed by atoms with van der Waals surface area (Å²) in [5.41, 5.74) is 1.36. The van der Waals surface area contributed by atoms with Crippen LogP contribution in [-0.2, 0) is 9.84 Å². The highest BCUT2D eigenvalue weighted by molar-refractivity contribution is 7.91. The van der Waals surface area contributed by atoms with Crippen LogP contribution in [0, 0.1) is 0 Å². The van der Waals surface area contributed by atoms with E-state index in [0.29, 0.717) is 17.0 Å². The van der Waals surface area contributed by atoms with E-state index >= 15 is 0 Å². The van der Waals surface area contributed by atoms with E-state index in [-0.39, 0.29) is 11.3 Å². The van der Waals surface area contributed by atoms with Crippen LogP contribution in [0.15, 0.2) is 29.2 Å². The van der Waals surface area contributed by atoms with Crippen molar-refractivity contribution < 1.29 is 8.42 Å². The number of nitrogens with one attached hydrogen (secondary N) is 2. The molecule has 1 unspecified atom stereocenters. The second kappa shape index (κ2) is 7.87. The molecule has 0 saturated carbocycles. The number of hydrogen-bond acceptors (Lipinski definition) is 5. The van der Waals surface area contributed by atoms with Crippen molar-refractivity contribution >= 4 is 15.5 Å². The number of nitrogens with zero attached hydrogens (tertiary/aromatic N) is 1. The van der Waals surface area contributed by atoms with E-state index in [9.17, 15) is 8.42 Å². The van der Waals surface area contributed by atoms with E-state index in [1.807, 2.05) is 12.1 Å². The molecule has 146 valence electrons. The van der Waals surface area contributed by atoms with Crippen molar-refractivity contribution in [1.29, 1.82) is 0 Å². The van der Waals surface area contributed by atoms with Crippen LogP contribution in [0.4, 0.5) is 5.69 Å². The lowest BCUT2D eigenvalue weighted by Gasteiger charge is -2.41. The molecule has 1 atom stereocenters. The third-order valence-electron chi connectivity index (χ3n) is 5.76. The predicted octanol–water partition coefficient (Wildman–Crippen LogP) is 2.57. The van der Waals surface area contributed by atoms with Gasteiger partial charge in [-0.2, -0.15) is 0 Å². The van der Waals surface area contributed by atoms with E-state index in [4.69, 9.17) is 0 Å². The van der Waals surface area contributed by atoms with Crippen molar-refractivity contribution in [2.45, 2.75) is 69.0 Å². The van der Waals surface area contributed by atoms with Gasteiger partial charge < -0.3 is 15.5 Å². The zero-order valence-corrected chi connectivity index (χ0v) is 17.1. The average Bonchev–Trinajstić information content (AvgIpc) is 2.62. The Kier molecular flexibility index (Phi) is 5.94. The number of anilines is 1. The second-order valence-corrected chi connectivity index (χ2v) is 10.6. The summed E-state index contributed by atoms with van der Waals surface area (Å²) in [4.78, 5) is 2.79. The summed E-state index contributed by atoms with van der Waals surface area (Å²) in [7, 11) is -3.11. The number of rotatable bonds is 5. The lowest BCUT2D eigenvalue weighted by atomic mass is 9.88. The Morgan fingerprint density at radius 2 is 1.77 bits per heavy atom. The maximum atomic E-state index is 11.9. The lowest BCUT2D eigenvalue weighted by molar-refractivity contribution is 0.226. The summed E-state index contributed by atoms with van der Waals surface area (Å²) in [6.45, 7) is 9.39. The third-order valence-corrected chi connectivity index (χ3v) is 7.51. The van der Waals surface area contributed by atoms with Crippen molar-refractivity contribution in [3.8, 4) is 0 Å². The Bertz CT molecular complexity index is 692.